The number of ether oxygens (including phenoxy) is 3. The summed E-state index contributed by atoms with van der Waals surface area (Å²) in [5.41, 5.74) is 0.926. The fourth-order valence-corrected chi connectivity index (χ4v) is 2.90. The van der Waals surface area contributed by atoms with E-state index in [1.54, 1.807) is 7.11 Å². The molecule has 0 radical (unpaired) electrons. The second kappa shape index (κ2) is 13.4. The maximum absolute atomic E-state index is 5.78. The Morgan fingerprint density at radius 3 is 2.83 bits per heavy atom. The number of aliphatic imine (C=N–C) groups is 1. The third kappa shape index (κ3) is 7.73. The van der Waals surface area contributed by atoms with Gasteiger partial charge in [0.15, 0.2) is 11.8 Å². The molecule has 0 spiro atoms. The molecular weight excluding hydrogens is 499 g/mol. The van der Waals surface area contributed by atoms with Crippen LogP contribution in [0.25, 0.3) is 11.4 Å². The lowest BCUT2D eigenvalue weighted by Gasteiger charge is -2.12. The molecular formula is C20H31IN6O3. The fourth-order valence-electron chi connectivity index (χ4n) is 2.90. The van der Waals surface area contributed by atoms with Crippen LogP contribution in [0.1, 0.15) is 25.6 Å². The van der Waals surface area contributed by atoms with Crippen LogP contribution in [0.2, 0.25) is 0 Å². The van der Waals surface area contributed by atoms with Crippen molar-refractivity contribution in [2.24, 2.45) is 4.99 Å². The third-order valence-corrected chi connectivity index (χ3v) is 4.47. The predicted octanol–water partition coefficient (Wildman–Crippen LogP) is 2.35. The molecule has 30 heavy (non-hydrogen) atoms. The Labute approximate surface area is 194 Å². The van der Waals surface area contributed by atoms with E-state index in [2.05, 4.69) is 30.8 Å². The lowest BCUT2D eigenvalue weighted by atomic mass is 10.2. The number of hydrogen-bond acceptors (Lipinski definition) is 6. The summed E-state index contributed by atoms with van der Waals surface area (Å²) in [6, 6.07) is 7.64. The van der Waals surface area contributed by atoms with E-state index in [1.165, 1.54) is 0 Å². The summed E-state index contributed by atoms with van der Waals surface area (Å²) in [6.45, 7) is 6.26. The highest BCUT2D eigenvalue weighted by Crippen LogP contribution is 2.19. The highest BCUT2D eigenvalue weighted by molar-refractivity contribution is 14.0. The Morgan fingerprint density at radius 2 is 2.13 bits per heavy atom. The van der Waals surface area contributed by atoms with E-state index in [4.69, 9.17) is 14.2 Å². The minimum atomic E-state index is 0. The third-order valence-electron chi connectivity index (χ3n) is 4.47. The normalized spacial score (nSPS) is 16.2. The van der Waals surface area contributed by atoms with Crippen LogP contribution in [0.4, 0.5) is 0 Å². The summed E-state index contributed by atoms with van der Waals surface area (Å²) >= 11 is 0. The SMILES string of the molecule is CCNC(=NCc1nc(-c2ccc(OC)cc2)n[nH]1)NCCCOC1CCOC1.I. The van der Waals surface area contributed by atoms with Crippen LogP contribution in [0.5, 0.6) is 5.75 Å². The molecule has 2 aromatic rings. The predicted molar refractivity (Wildman–Crippen MR) is 126 cm³/mol. The summed E-state index contributed by atoms with van der Waals surface area (Å²) in [5.74, 6) is 2.90. The van der Waals surface area contributed by atoms with Crippen molar-refractivity contribution in [1.29, 1.82) is 0 Å². The zero-order valence-electron chi connectivity index (χ0n) is 17.5. The van der Waals surface area contributed by atoms with Gasteiger partial charge in [-0.05, 0) is 44.0 Å². The molecule has 1 aliphatic heterocycles. The van der Waals surface area contributed by atoms with E-state index in [0.29, 0.717) is 31.4 Å². The van der Waals surface area contributed by atoms with Gasteiger partial charge in [-0.25, -0.2) is 9.98 Å². The van der Waals surface area contributed by atoms with E-state index in [0.717, 1.165) is 49.8 Å². The number of aromatic nitrogens is 3. The van der Waals surface area contributed by atoms with E-state index in [9.17, 15) is 0 Å². The second-order valence-corrected chi connectivity index (χ2v) is 6.67. The quantitative estimate of drug-likeness (QED) is 0.188. The number of methoxy groups -OCH3 is 1. The molecule has 10 heteroatoms. The molecule has 0 bridgehead atoms. The van der Waals surface area contributed by atoms with Gasteiger partial charge >= 0.3 is 0 Å². The number of benzene rings is 1. The van der Waals surface area contributed by atoms with Gasteiger partial charge in [0.2, 0.25) is 0 Å². The van der Waals surface area contributed by atoms with Crippen molar-refractivity contribution in [2.75, 3.05) is 40.0 Å². The van der Waals surface area contributed by atoms with Gasteiger partial charge in [-0.3, -0.25) is 5.10 Å². The van der Waals surface area contributed by atoms with Gasteiger partial charge in [-0.1, -0.05) is 0 Å². The highest BCUT2D eigenvalue weighted by atomic mass is 127. The van der Waals surface area contributed by atoms with Crippen LogP contribution in [0.3, 0.4) is 0 Å². The highest BCUT2D eigenvalue weighted by Gasteiger charge is 2.15. The minimum absolute atomic E-state index is 0. The largest absolute Gasteiger partial charge is 0.497 e. The van der Waals surface area contributed by atoms with Crippen molar-refractivity contribution in [2.45, 2.75) is 32.4 Å². The first-order chi connectivity index (χ1) is 14.3. The molecule has 3 rings (SSSR count). The topological polar surface area (TPSA) is 106 Å². The van der Waals surface area contributed by atoms with Gasteiger partial charge in [-0.2, -0.15) is 5.10 Å². The number of rotatable bonds is 10. The number of nitrogens with one attached hydrogen (secondary N) is 3. The molecule has 1 aliphatic rings. The molecule has 3 N–H and O–H groups in total. The summed E-state index contributed by atoms with van der Waals surface area (Å²) in [7, 11) is 1.64. The Balaban J connectivity index is 0.00000320. The number of guanidine groups is 1. The van der Waals surface area contributed by atoms with Crippen LogP contribution in [0.15, 0.2) is 29.3 Å². The molecule has 0 saturated carbocycles. The number of hydrogen-bond donors (Lipinski definition) is 3. The first kappa shape index (κ1) is 24.4. The molecule has 9 nitrogen and oxygen atoms in total. The smallest absolute Gasteiger partial charge is 0.191 e. The van der Waals surface area contributed by atoms with Gasteiger partial charge in [-0.15, -0.1) is 24.0 Å². The molecule has 1 aromatic heterocycles. The molecule has 1 aromatic carbocycles. The summed E-state index contributed by atoms with van der Waals surface area (Å²) in [4.78, 5) is 9.09. The van der Waals surface area contributed by atoms with Gasteiger partial charge in [0.25, 0.3) is 0 Å². The maximum Gasteiger partial charge on any atom is 0.191 e. The average molecular weight is 530 g/mol. The van der Waals surface area contributed by atoms with Crippen molar-refractivity contribution in [1.82, 2.24) is 25.8 Å². The molecule has 1 atom stereocenters. The Morgan fingerprint density at radius 1 is 1.30 bits per heavy atom. The lowest BCUT2D eigenvalue weighted by molar-refractivity contribution is 0.0420. The molecule has 0 aliphatic carbocycles. The summed E-state index contributed by atoms with van der Waals surface area (Å²) in [5, 5.41) is 13.8. The van der Waals surface area contributed by atoms with Crippen LogP contribution in [0, 0.1) is 0 Å². The van der Waals surface area contributed by atoms with E-state index >= 15 is 0 Å². The van der Waals surface area contributed by atoms with Gasteiger partial charge in [0, 0.05) is 31.9 Å². The van der Waals surface area contributed by atoms with Gasteiger partial charge in [0.05, 0.1) is 19.8 Å². The number of H-pyrrole nitrogens is 1. The fraction of sp³-hybridized carbons (Fsp3) is 0.550. The van der Waals surface area contributed by atoms with Crippen LogP contribution >= 0.6 is 24.0 Å². The Kier molecular flexibility index (Phi) is 10.9. The van der Waals surface area contributed by atoms with Crippen LogP contribution in [-0.2, 0) is 16.0 Å². The van der Waals surface area contributed by atoms with Gasteiger partial charge < -0.3 is 24.8 Å². The van der Waals surface area contributed by atoms with E-state index in [1.807, 2.05) is 31.2 Å². The monoisotopic (exact) mass is 530 g/mol. The molecule has 166 valence electrons. The standard InChI is InChI=1S/C20H30N6O3.HI/c1-3-21-20(22-10-4-11-29-17-9-12-28-14-17)23-13-18-24-19(26-25-18)15-5-7-16(27-2)8-6-15;/h5-8,17H,3-4,9-14H2,1-2H3,(H2,21,22,23)(H,24,25,26);1H. The number of nitrogens with zero attached hydrogens (tertiary/aromatic N) is 3. The van der Waals surface area contributed by atoms with Crippen molar-refractivity contribution >= 4 is 29.9 Å². The van der Waals surface area contributed by atoms with Crippen molar-refractivity contribution in [3.05, 3.63) is 30.1 Å². The van der Waals surface area contributed by atoms with Crippen molar-refractivity contribution < 1.29 is 14.2 Å². The first-order valence-corrected chi connectivity index (χ1v) is 10.1. The maximum atomic E-state index is 5.78. The molecule has 1 saturated heterocycles. The summed E-state index contributed by atoms with van der Waals surface area (Å²) in [6.07, 6.45) is 2.15. The van der Waals surface area contributed by atoms with Crippen molar-refractivity contribution in [3.63, 3.8) is 0 Å². The average Bonchev–Trinajstić information content (AvgIpc) is 3.44. The molecule has 2 heterocycles. The van der Waals surface area contributed by atoms with Gasteiger partial charge in [0.1, 0.15) is 18.1 Å². The molecule has 1 unspecified atom stereocenters. The van der Waals surface area contributed by atoms with E-state index < -0.39 is 0 Å². The molecule has 1 fully saturated rings. The summed E-state index contributed by atoms with van der Waals surface area (Å²) < 4.78 is 16.3. The second-order valence-electron chi connectivity index (χ2n) is 6.67. The minimum Gasteiger partial charge on any atom is -0.497 e. The Hall–Kier alpha value is -1.92. The first-order valence-electron chi connectivity index (χ1n) is 10.1. The number of halogens is 1. The van der Waals surface area contributed by atoms with Crippen molar-refractivity contribution in [3.8, 4) is 17.1 Å². The Bertz CT molecular complexity index is 762. The van der Waals surface area contributed by atoms with Crippen LogP contribution in [-0.4, -0.2) is 67.3 Å². The lowest BCUT2D eigenvalue weighted by Crippen LogP contribution is -2.38. The zero-order valence-corrected chi connectivity index (χ0v) is 19.8. The van der Waals surface area contributed by atoms with Crippen LogP contribution < -0.4 is 15.4 Å². The van der Waals surface area contributed by atoms with E-state index in [-0.39, 0.29) is 30.1 Å². The number of aromatic amines is 1. The zero-order chi connectivity index (χ0) is 20.3. The molecule has 0 amide bonds.